The molecule has 30 heavy (non-hydrogen) atoms. The molecule has 1 aliphatic rings. The molecule has 2 N–H and O–H groups in total. The van der Waals surface area contributed by atoms with Crippen LogP contribution >= 0.6 is 0 Å². The SMILES string of the molecule is C[C@]1(c2ccc3ccccc3c2)NC(=O)N(CC(=O)Nc2cccc(C#N)c2)C1=O. The van der Waals surface area contributed by atoms with Crippen LogP contribution in [0, 0.1) is 11.3 Å². The summed E-state index contributed by atoms with van der Waals surface area (Å²) in [7, 11) is 0. The number of amides is 4. The zero-order valence-corrected chi connectivity index (χ0v) is 16.2. The van der Waals surface area contributed by atoms with Gasteiger partial charge in [-0.05, 0) is 47.5 Å². The van der Waals surface area contributed by atoms with Crippen LogP contribution in [-0.2, 0) is 15.1 Å². The average Bonchev–Trinajstić information content (AvgIpc) is 2.97. The fraction of sp³-hybridized carbons (Fsp3) is 0.130. The number of anilines is 1. The first-order chi connectivity index (χ1) is 14.4. The monoisotopic (exact) mass is 398 g/mol. The maximum Gasteiger partial charge on any atom is 0.325 e. The van der Waals surface area contributed by atoms with Crippen LogP contribution in [0.4, 0.5) is 10.5 Å². The van der Waals surface area contributed by atoms with Crippen molar-refractivity contribution >= 4 is 34.3 Å². The Morgan fingerprint density at radius 1 is 1.07 bits per heavy atom. The van der Waals surface area contributed by atoms with E-state index in [0.717, 1.165) is 15.7 Å². The maximum absolute atomic E-state index is 13.1. The molecule has 0 aromatic heterocycles. The van der Waals surface area contributed by atoms with Gasteiger partial charge in [0.05, 0.1) is 11.6 Å². The number of hydrogen-bond acceptors (Lipinski definition) is 4. The van der Waals surface area contributed by atoms with E-state index >= 15 is 0 Å². The van der Waals surface area contributed by atoms with Gasteiger partial charge in [0.15, 0.2) is 0 Å². The largest absolute Gasteiger partial charge is 0.325 e. The molecule has 1 heterocycles. The molecule has 0 bridgehead atoms. The number of imide groups is 1. The molecule has 1 aliphatic heterocycles. The van der Waals surface area contributed by atoms with Crippen LogP contribution in [0.1, 0.15) is 18.1 Å². The van der Waals surface area contributed by atoms with Gasteiger partial charge in [0.1, 0.15) is 12.1 Å². The second kappa shape index (κ2) is 7.33. The highest BCUT2D eigenvalue weighted by Gasteiger charge is 2.49. The minimum Gasteiger partial charge on any atom is -0.324 e. The molecule has 1 atom stereocenters. The zero-order valence-electron chi connectivity index (χ0n) is 16.2. The Morgan fingerprint density at radius 2 is 1.83 bits per heavy atom. The van der Waals surface area contributed by atoms with Crippen molar-refractivity contribution in [3.63, 3.8) is 0 Å². The van der Waals surface area contributed by atoms with Crippen molar-refractivity contribution in [2.45, 2.75) is 12.5 Å². The first kappa shape index (κ1) is 19.2. The number of carbonyl (C=O) groups excluding carboxylic acids is 3. The van der Waals surface area contributed by atoms with Crippen LogP contribution in [0.15, 0.2) is 66.7 Å². The number of carbonyl (C=O) groups is 3. The molecule has 0 unspecified atom stereocenters. The van der Waals surface area contributed by atoms with Gasteiger partial charge in [0, 0.05) is 5.69 Å². The normalized spacial score (nSPS) is 18.2. The van der Waals surface area contributed by atoms with Crippen molar-refractivity contribution in [1.29, 1.82) is 5.26 Å². The van der Waals surface area contributed by atoms with Crippen molar-refractivity contribution in [3.8, 4) is 6.07 Å². The number of benzene rings is 3. The van der Waals surface area contributed by atoms with E-state index < -0.39 is 29.9 Å². The molecule has 0 radical (unpaired) electrons. The Bertz CT molecular complexity index is 1230. The van der Waals surface area contributed by atoms with Crippen molar-refractivity contribution < 1.29 is 14.4 Å². The van der Waals surface area contributed by atoms with Crippen molar-refractivity contribution in [1.82, 2.24) is 10.2 Å². The molecule has 1 fully saturated rings. The summed E-state index contributed by atoms with van der Waals surface area (Å²) >= 11 is 0. The summed E-state index contributed by atoms with van der Waals surface area (Å²) < 4.78 is 0. The number of nitriles is 1. The summed E-state index contributed by atoms with van der Waals surface area (Å²) in [5.74, 6) is -1.03. The number of nitrogens with one attached hydrogen (secondary N) is 2. The van der Waals surface area contributed by atoms with Crippen molar-refractivity contribution in [2.75, 3.05) is 11.9 Å². The van der Waals surface area contributed by atoms with Crippen LogP contribution < -0.4 is 10.6 Å². The third-order valence-corrected chi connectivity index (χ3v) is 5.18. The van der Waals surface area contributed by atoms with E-state index in [0.29, 0.717) is 16.8 Å². The summed E-state index contributed by atoms with van der Waals surface area (Å²) in [4.78, 5) is 38.9. The topological polar surface area (TPSA) is 102 Å². The molecule has 0 spiro atoms. The van der Waals surface area contributed by atoms with Gasteiger partial charge in [0.2, 0.25) is 5.91 Å². The van der Waals surface area contributed by atoms with E-state index in [9.17, 15) is 14.4 Å². The van der Waals surface area contributed by atoms with Gasteiger partial charge in [-0.25, -0.2) is 4.79 Å². The summed E-state index contributed by atoms with van der Waals surface area (Å²) in [6.45, 7) is 1.20. The van der Waals surface area contributed by atoms with E-state index in [1.54, 1.807) is 31.2 Å². The summed E-state index contributed by atoms with van der Waals surface area (Å²) in [6.07, 6.45) is 0. The average molecular weight is 398 g/mol. The predicted molar refractivity (Wildman–Crippen MR) is 111 cm³/mol. The second-order valence-corrected chi connectivity index (χ2v) is 7.25. The molecule has 3 aromatic carbocycles. The Hall–Kier alpha value is -4.18. The van der Waals surface area contributed by atoms with Crippen LogP contribution in [0.2, 0.25) is 0 Å². The molecule has 148 valence electrons. The van der Waals surface area contributed by atoms with Gasteiger partial charge in [-0.2, -0.15) is 5.26 Å². The van der Waals surface area contributed by atoms with Gasteiger partial charge in [-0.1, -0.05) is 42.5 Å². The summed E-state index contributed by atoms with van der Waals surface area (Å²) in [5, 5.41) is 16.3. The Labute approximate surface area is 172 Å². The second-order valence-electron chi connectivity index (χ2n) is 7.25. The molecule has 0 saturated carbocycles. The smallest absolute Gasteiger partial charge is 0.324 e. The molecule has 4 rings (SSSR count). The highest BCUT2D eigenvalue weighted by Crippen LogP contribution is 2.31. The maximum atomic E-state index is 13.1. The van der Waals surface area contributed by atoms with E-state index in [2.05, 4.69) is 10.6 Å². The van der Waals surface area contributed by atoms with Crippen LogP contribution in [0.25, 0.3) is 10.8 Å². The Morgan fingerprint density at radius 3 is 2.60 bits per heavy atom. The number of nitrogens with zero attached hydrogens (tertiary/aromatic N) is 2. The lowest BCUT2D eigenvalue weighted by Gasteiger charge is -2.22. The molecular formula is C23H18N4O3. The third kappa shape index (κ3) is 3.35. The van der Waals surface area contributed by atoms with Gasteiger partial charge >= 0.3 is 6.03 Å². The van der Waals surface area contributed by atoms with Crippen LogP contribution in [0.3, 0.4) is 0 Å². The first-order valence-electron chi connectivity index (χ1n) is 9.34. The molecule has 7 heteroatoms. The van der Waals surface area contributed by atoms with Crippen molar-refractivity contribution in [2.24, 2.45) is 0 Å². The molecule has 7 nitrogen and oxygen atoms in total. The van der Waals surface area contributed by atoms with E-state index in [1.807, 2.05) is 42.5 Å². The fourth-order valence-corrected chi connectivity index (χ4v) is 3.55. The van der Waals surface area contributed by atoms with Gasteiger partial charge in [-0.3, -0.25) is 14.5 Å². The minimum atomic E-state index is -1.26. The van der Waals surface area contributed by atoms with Gasteiger partial charge < -0.3 is 10.6 Å². The summed E-state index contributed by atoms with van der Waals surface area (Å²) in [5.41, 5.74) is 0.196. The number of hydrogen-bond donors (Lipinski definition) is 2. The number of fused-ring (bicyclic) bond motifs is 1. The van der Waals surface area contributed by atoms with E-state index in [1.165, 1.54) is 6.07 Å². The third-order valence-electron chi connectivity index (χ3n) is 5.18. The number of urea groups is 1. The van der Waals surface area contributed by atoms with Gasteiger partial charge in [0.25, 0.3) is 5.91 Å². The first-order valence-corrected chi connectivity index (χ1v) is 9.34. The fourth-order valence-electron chi connectivity index (χ4n) is 3.55. The Kier molecular flexibility index (Phi) is 4.68. The Balaban J connectivity index is 1.54. The lowest BCUT2D eigenvalue weighted by atomic mass is 9.90. The molecule has 3 aromatic rings. The molecule has 4 amide bonds. The number of rotatable bonds is 4. The molecule has 0 aliphatic carbocycles. The quantitative estimate of drug-likeness (QED) is 0.659. The lowest BCUT2D eigenvalue weighted by Crippen LogP contribution is -2.42. The standard InChI is InChI=1S/C23H18N4O3/c1-23(18-10-9-16-6-2-3-7-17(16)12-18)21(29)27(22(30)26-23)14-20(28)25-19-8-4-5-15(11-19)13-24/h2-12H,14H2,1H3,(H,25,28)(H,26,30)/t23-/m1/s1. The molecule has 1 saturated heterocycles. The zero-order chi connectivity index (χ0) is 21.3. The van der Waals surface area contributed by atoms with Crippen LogP contribution in [0.5, 0.6) is 0 Å². The summed E-state index contributed by atoms with van der Waals surface area (Å²) in [6, 6.07) is 21.1. The highest BCUT2D eigenvalue weighted by atomic mass is 16.2. The molecular weight excluding hydrogens is 380 g/mol. The highest BCUT2D eigenvalue weighted by molar-refractivity contribution is 6.10. The minimum absolute atomic E-state index is 0.395. The van der Waals surface area contributed by atoms with Crippen molar-refractivity contribution in [3.05, 3.63) is 77.9 Å². The van der Waals surface area contributed by atoms with E-state index in [4.69, 9.17) is 5.26 Å². The lowest BCUT2D eigenvalue weighted by molar-refractivity contribution is -0.133. The van der Waals surface area contributed by atoms with Gasteiger partial charge in [-0.15, -0.1) is 0 Å². The predicted octanol–water partition coefficient (Wildman–Crippen LogP) is 3.12. The van der Waals surface area contributed by atoms with E-state index in [-0.39, 0.29) is 0 Å². The van der Waals surface area contributed by atoms with Crippen LogP contribution in [-0.4, -0.2) is 29.3 Å².